The maximum absolute atomic E-state index is 12.1. The smallest absolute Gasteiger partial charge is 0.253 e. The molecule has 0 aliphatic rings. The van der Waals surface area contributed by atoms with E-state index in [0.717, 1.165) is 23.4 Å². The summed E-state index contributed by atoms with van der Waals surface area (Å²) in [6.45, 7) is 4.40. The molecule has 1 heterocycles. The SMILES string of the molecule is COc1ccc(CCNC(=O)c2cc(C)[nH]c2C)cc1OC. The summed E-state index contributed by atoms with van der Waals surface area (Å²) >= 11 is 0. The lowest BCUT2D eigenvalue weighted by Gasteiger charge is -2.10. The van der Waals surface area contributed by atoms with E-state index < -0.39 is 0 Å². The average Bonchev–Trinajstić information content (AvgIpc) is 2.85. The van der Waals surface area contributed by atoms with Crippen LogP contribution >= 0.6 is 0 Å². The Morgan fingerprint density at radius 3 is 2.45 bits per heavy atom. The van der Waals surface area contributed by atoms with Crippen molar-refractivity contribution in [3.05, 3.63) is 46.8 Å². The molecule has 0 saturated carbocycles. The van der Waals surface area contributed by atoms with Crippen LogP contribution in [0.4, 0.5) is 0 Å². The lowest BCUT2D eigenvalue weighted by atomic mass is 10.1. The number of methoxy groups -OCH3 is 2. The average molecular weight is 302 g/mol. The zero-order chi connectivity index (χ0) is 16.1. The number of hydrogen-bond donors (Lipinski definition) is 2. The molecule has 118 valence electrons. The molecule has 0 unspecified atom stereocenters. The van der Waals surface area contributed by atoms with Gasteiger partial charge < -0.3 is 19.8 Å². The molecule has 0 atom stereocenters. The summed E-state index contributed by atoms with van der Waals surface area (Å²) in [6, 6.07) is 7.63. The molecular weight excluding hydrogens is 280 g/mol. The number of H-pyrrole nitrogens is 1. The van der Waals surface area contributed by atoms with Crippen molar-refractivity contribution in [2.24, 2.45) is 0 Å². The van der Waals surface area contributed by atoms with Gasteiger partial charge in [0.2, 0.25) is 0 Å². The summed E-state index contributed by atoms with van der Waals surface area (Å²) in [5.74, 6) is 1.35. The van der Waals surface area contributed by atoms with Crippen molar-refractivity contribution >= 4 is 5.91 Å². The molecule has 0 aliphatic carbocycles. The Hall–Kier alpha value is -2.43. The van der Waals surface area contributed by atoms with Crippen molar-refractivity contribution in [3.63, 3.8) is 0 Å². The topological polar surface area (TPSA) is 63.3 Å². The van der Waals surface area contributed by atoms with Crippen LogP contribution in [0.25, 0.3) is 0 Å². The molecule has 22 heavy (non-hydrogen) atoms. The van der Waals surface area contributed by atoms with Crippen LogP contribution in [0.15, 0.2) is 24.3 Å². The van der Waals surface area contributed by atoms with Gasteiger partial charge in [-0.25, -0.2) is 0 Å². The molecule has 2 rings (SSSR count). The van der Waals surface area contributed by atoms with E-state index in [1.54, 1.807) is 14.2 Å². The van der Waals surface area contributed by atoms with Crippen molar-refractivity contribution in [1.29, 1.82) is 0 Å². The van der Waals surface area contributed by atoms with Gasteiger partial charge in [0.05, 0.1) is 19.8 Å². The third-order valence-electron chi connectivity index (χ3n) is 3.54. The number of carbonyl (C=O) groups excluding carboxylic acids is 1. The summed E-state index contributed by atoms with van der Waals surface area (Å²) in [4.78, 5) is 15.2. The lowest BCUT2D eigenvalue weighted by Crippen LogP contribution is -2.25. The van der Waals surface area contributed by atoms with E-state index in [1.165, 1.54) is 0 Å². The number of carbonyl (C=O) groups is 1. The van der Waals surface area contributed by atoms with Gasteiger partial charge in [-0.15, -0.1) is 0 Å². The molecule has 5 nitrogen and oxygen atoms in total. The van der Waals surface area contributed by atoms with E-state index in [1.807, 2.05) is 38.1 Å². The number of rotatable bonds is 6. The highest BCUT2D eigenvalue weighted by molar-refractivity contribution is 5.95. The molecule has 0 aliphatic heterocycles. The Morgan fingerprint density at radius 1 is 1.14 bits per heavy atom. The van der Waals surface area contributed by atoms with Crippen LogP contribution in [0.2, 0.25) is 0 Å². The highest BCUT2D eigenvalue weighted by Crippen LogP contribution is 2.27. The molecule has 0 bridgehead atoms. The van der Waals surface area contributed by atoms with Crippen LogP contribution in [0.3, 0.4) is 0 Å². The van der Waals surface area contributed by atoms with Gasteiger partial charge in [-0.05, 0) is 44.0 Å². The number of aryl methyl sites for hydroxylation is 2. The van der Waals surface area contributed by atoms with E-state index in [4.69, 9.17) is 9.47 Å². The molecule has 1 aromatic heterocycles. The van der Waals surface area contributed by atoms with Crippen LogP contribution in [0, 0.1) is 13.8 Å². The van der Waals surface area contributed by atoms with Crippen LogP contribution < -0.4 is 14.8 Å². The molecule has 1 amide bonds. The molecule has 2 aromatic rings. The Morgan fingerprint density at radius 2 is 1.86 bits per heavy atom. The first-order valence-electron chi connectivity index (χ1n) is 7.20. The summed E-state index contributed by atoms with van der Waals surface area (Å²) in [5, 5.41) is 2.94. The maximum Gasteiger partial charge on any atom is 0.253 e. The second-order valence-corrected chi connectivity index (χ2v) is 5.19. The number of ether oxygens (including phenoxy) is 2. The van der Waals surface area contributed by atoms with Gasteiger partial charge in [0.15, 0.2) is 11.5 Å². The van der Waals surface area contributed by atoms with Gasteiger partial charge >= 0.3 is 0 Å². The third-order valence-corrected chi connectivity index (χ3v) is 3.54. The first-order valence-corrected chi connectivity index (χ1v) is 7.20. The van der Waals surface area contributed by atoms with Crippen molar-refractivity contribution in [2.75, 3.05) is 20.8 Å². The predicted molar refractivity (Wildman–Crippen MR) is 85.8 cm³/mol. The number of nitrogens with one attached hydrogen (secondary N) is 2. The molecule has 1 aromatic carbocycles. The number of amides is 1. The minimum atomic E-state index is -0.0534. The number of benzene rings is 1. The predicted octanol–water partition coefficient (Wildman–Crippen LogP) is 2.62. The highest BCUT2D eigenvalue weighted by Gasteiger charge is 2.11. The molecule has 2 N–H and O–H groups in total. The second-order valence-electron chi connectivity index (χ2n) is 5.19. The van der Waals surface area contributed by atoms with Crippen LogP contribution in [0.5, 0.6) is 11.5 Å². The van der Waals surface area contributed by atoms with Crippen molar-refractivity contribution < 1.29 is 14.3 Å². The quantitative estimate of drug-likeness (QED) is 0.862. The molecule has 0 radical (unpaired) electrons. The normalized spacial score (nSPS) is 10.4. The van der Waals surface area contributed by atoms with Crippen LogP contribution in [0.1, 0.15) is 27.3 Å². The van der Waals surface area contributed by atoms with E-state index >= 15 is 0 Å². The monoisotopic (exact) mass is 302 g/mol. The summed E-state index contributed by atoms with van der Waals surface area (Å²) in [7, 11) is 3.22. The summed E-state index contributed by atoms with van der Waals surface area (Å²) in [6.07, 6.45) is 0.731. The molecule has 5 heteroatoms. The Kier molecular flexibility index (Phi) is 5.09. The summed E-state index contributed by atoms with van der Waals surface area (Å²) < 4.78 is 10.5. The third kappa shape index (κ3) is 3.61. The Bertz CT molecular complexity index is 662. The van der Waals surface area contributed by atoms with Crippen LogP contribution in [-0.2, 0) is 6.42 Å². The largest absolute Gasteiger partial charge is 0.493 e. The maximum atomic E-state index is 12.1. The number of aromatic nitrogens is 1. The molecule has 0 spiro atoms. The number of hydrogen-bond acceptors (Lipinski definition) is 3. The van der Waals surface area contributed by atoms with Gasteiger partial charge in [-0.2, -0.15) is 0 Å². The van der Waals surface area contributed by atoms with Crippen molar-refractivity contribution in [1.82, 2.24) is 10.3 Å². The zero-order valence-corrected chi connectivity index (χ0v) is 13.4. The first-order chi connectivity index (χ1) is 10.5. The minimum Gasteiger partial charge on any atom is -0.493 e. The van der Waals surface area contributed by atoms with Crippen molar-refractivity contribution in [2.45, 2.75) is 20.3 Å². The van der Waals surface area contributed by atoms with Gasteiger partial charge in [0, 0.05) is 17.9 Å². The molecule has 0 fully saturated rings. The Labute approximate surface area is 130 Å². The summed E-state index contributed by atoms with van der Waals surface area (Å²) in [5.41, 5.74) is 3.66. The Balaban J connectivity index is 1.93. The minimum absolute atomic E-state index is 0.0534. The number of aromatic amines is 1. The van der Waals surface area contributed by atoms with E-state index in [2.05, 4.69) is 10.3 Å². The fourth-order valence-electron chi connectivity index (χ4n) is 2.41. The van der Waals surface area contributed by atoms with Gasteiger partial charge in [0.1, 0.15) is 0 Å². The van der Waals surface area contributed by atoms with Gasteiger partial charge in [0.25, 0.3) is 5.91 Å². The fourth-order valence-corrected chi connectivity index (χ4v) is 2.41. The highest BCUT2D eigenvalue weighted by atomic mass is 16.5. The first kappa shape index (κ1) is 15.9. The standard InChI is InChI=1S/C17H22N2O3/c1-11-9-14(12(2)19-11)17(20)18-8-7-13-5-6-15(21-3)16(10-13)22-4/h5-6,9-10,19H,7-8H2,1-4H3,(H,18,20). The van der Waals surface area contributed by atoms with E-state index in [0.29, 0.717) is 23.6 Å². The van der Waals surface area contributed by atoms with Crippen LogP contribution in [-0.4, -0.2) is 31.7 Å². The van der Waals surface area contributed by atoms with Gasteiger partial charge in [-0.3, -0.25) is 4.79 Å². The van der Waals surface area contributed by atoms with Crippen molar-refractivity contribution in [3.8, 4) is 11.5 Å². The van der Waals surface area contributed by atoms with Gasteiger partial charge in [-0.1, -0.05) is 6.07 Å². The van der Waals surface area contributed by atoms with E-state index in [9.17, 15) is 4.79 Å². The molecular formula is C17H22N2O3. The molecule has 0 saturated heterocycles. The lowest BCUT2D eigenvalue weighted by molar-refractivity contribution is 0.0953. The fraction of sp³-hybridized carbons (Fsp3) is 0.353. The zero-order valence-electron chi connectivity index (χ0n) is 13.4. The van der Waals surface area contributed by atoms with E-state index in [-0.39, 0.29) is 5.91 Å². The second kappa shape index (κ2) is 7.02.